The zero-order chi connectivity index (χ0) is 29.8. The standard InChI is InChI=1S/C32H38N2O8/c1-19(33-28(35)18-40-2)30(22-9-7-21(8-10-22)20-5-6-20)42-25-11-12-26(32(38)39)27(15-25)23-4-3-13-34(16-23)31(37)24-14-29(36)41-17-24/h7-12,15,19-20,23-24,30H,3-6,13-14,16-18H2,1-2H3,(H,33,35)(H,38,39)/t19-,23+,24+,30-/m0/s1. The number of benzene rings is 2. The Balaban J connectivity index is 1.39. The number of nitrogens with zero attached hydrogens (tertiary/aromatic N) is 1. The van der Waals surface area contributed by atoms with Gasteiger partial charge in [-0.15, -0.1) is 0 Å². The second kappa shape index (κ2) is 12.9. The molecule has 2 saturated heterocycles. The molecule has 2 aromatic carbocycles. The molecule has 2 N–H and O–H groups in total. The van der Waals surface area contributed by atoms with Gasteiger partial charge >= 0.3 is 11.9 Å². The maximum atomic E-state index is 13.1. The van der Waals surface area contributed by atoms with Crippen LogP contribution in [0.3, 0.4) is 0 Å². The number of carboxylic acid groups (broad SMARTS) is 1. The predicted molar refractivity (Wildman–Crippen MR) is 152 cm³/mol. The zero-order valence-electron chi connectivity index (χ0n) is 24.0. The fourth-order valence-electron chi connectivity index (χ4n) is 5.99. The van der Waals surface area contributed by atoms with E-state index in [1.165, 1.54) is 25.5 Å². The Morgan fingerprint density at radius 2 is 1.86 bits per heavy atom. The maximum absolute atomic E-state index is 13.1. The zero-order valence-corrected chi connectivity index (χ0v) is 24.0. The summed E-state index contributed by atoms with van der Waals surface area (Å²) in [5, 5.41) is 12.9. The van der Waals surface area contributed by atoms with E-state index >= 15 is 0 Å². The maximum Gasteiger partial charge on any atom is 0.335 e. The van der Waals surface area contributed by atoms with Gasteiger partial charge in [0.05, 0.1) is 23.9 Å². The fourth-order valence-corrected chi connectivity index (χ4v) is 5.99. The number of carbonyl (C=O) groups is 4. The average Bonchev–Trinajstić information content (AvgIpc) is 3.75. The third-order valence-electron chi connectivity index (χ3n) is 8.33. The topological polar surface area (TPSA) is 131 Å². The van der Waals surface area contributed by atoms with Crippen LogP contribution in [0.25, 0.3) is 0 Å². The van der Waals surface area contributed by atoms with Gasteiger partial charge in [-0.3, -0.25) is 14.4 Å². The third kappa shape index (κ3) is 6.92. The summed E-state index contributed by atoms with van der Waals surface area (Å²) in [5.74, 6) is -1.46. The van der Waals surface area contributed by atoms with Crippen LogP contribution in [0.15, 0.2) is 42.5 Å². The summed E-state index contributed by atoms with van der Waals surface area (Å²) in [6.07, 6.45) is 3.33. The molecule has 2 heterocycles. The van der Waals surface area contributed by atoms with Gasteiger partial charge in [-0.25, -0.2) is 4.79 Å². The van der Waals surface area contributed by atoms with Gasteiger partial charge in [0.2, 0.25) is 11.8 Å². The van der Waals surface area contributed by atoms with E-state index < -0.39 is 24.0 Å². The van der Waals surface area contributed by atoms with Gasteiger partial charge in [-0.1, -0.05) is 24.3 Å². The number of hydrogen-bond donors (Lipinski definition) is 2. The summed E-state index contributed by atoms with van der Waals surface area (Å²) in [4.78, 5) is 51.0. The van der Waals surface area contributed by atoms with Crippen LogP contribution in [-0.4, -0.2) is 73.2 Å². The minimum atomic E-state index is -1.05. The van der Waals surface area contributed by atoms with Crippen LogP contribution in [0.2, 0.25) is 0 Å². The lowest BCUT2D eigenvalue weighted by atomic mass is 9.86. The highest BCUT2D eigenvalue weighted by molar-refractivity contribution is 5.90. The minimum absolute atomic E-state index is 0.0752. The SMILES string of the molecule is COCC(=O)N[C@@H](C)[C@H](Oc1ccc(C(=O)O)c([C@@H]2CCCN(C(=O)[C@H]3COC(=O)C3)C2)c1)c1ccc(C2CC2)cc1. The van der Waals surface area contributed by atoms with Crippen LogP contribution in [0.5, 0.6) is 5.75 Å². The van der Waals surface area contributed by atoms with Crippen molar-refractivity contribution in [1.82, 2.24) is 10.2 Å². The van der Waals surface area contributed by atoms with Crippen molar-refractivity contribution in [3.8, 4) is 5.75 Å². The molecule has 3 fully saturated rings. The first kappa shape index (κ1) is 29.6. The molecule has 2 aliphatic heterocycles. The summed E-state index contributed by atoms with van der Waals surface area (Å²) in [6.45, 7) is 2.78. The molecule has 3 aliphatic rings. The number of carboxylic acids is 1. The molecule has 0 unspecified atom stereocenters. The molecule has 10 nitrogen and oxygen atoms in total. The van der Waals surface area contributed by atoms with Crippen molar-refractivity contribution in [2.75, 3.05) is 33.4 Å². The molecule has 1 aliphatic carbocycles. The van der Waals surface area contributed by atoms with Gasteiger partial charge in [0, 0.05) is 26.1 Å². The summed E-state index contributed by atoms with van der Waals surface area (Å²) in [6, 6.07) is 12.7. The highest BCUT2D eigenvalue weighted by Crippen LogP contribution is 2.41. The van der Waals surface area contributed by atoms with Crippen molar-refractivity contribution in [2.24, 2.45) is 5.92 Å². The molecule has 0 spiro atoms. The van der Waals surface area contributed by atoms with E-state index in [0.29, 0.717) is 43.2 Å². The molecule has 5 rings (SSSR count). The molecule has 1 saturated carbocycles. The molecular formula is C32H38N2O8. The quantitative estimate of drug-likeness (QED) is 0.385. The van der Waals surface area contributed by atoms with Crippen molar-refractivity contribution in [1.29, 1.82) is 0 Å². The molecule has 2 aromatic rings. The first-order valence-electron chi connectivity index (χ1n) is 14.6. The van der Waals surface area contributed by atoms with Crippen LogP contribution >= 0.6 is 0 Å². The summed E-state index contributed by atoms with van der Waals surface area (Å²) in [5.41, 5.74) is 2.92. The molecule has 2 amide bonds. The minimum Gasteiger partial charge on any atom is -0.484 e. The van der Waals surface area contributed by atoms with E-state index in [4.69, 9.17) is 14.2 Å². The Kier molecular flexibility index (Phi) is 9.11. The van der Waals surface area contributed by atoms with Gasteiger partial charge in [-0.2, -0.15) is 0 Å². The fraction of sp³-hybridized carbons (Fsp3) is 0.500. The number of nitrogens with one attached hydrogen (secondary N) is 1. The number of amides is 2. The van der Waals surface area contributed by atoms with Gasteiger partial charge < -0.3 is 29.5 Å². The summed E-state index contributed by atoms with van der Waals surface area (Å²) >= 11 is 0. The lowest BCUT2D eigenvalue weighted by Gasteiger charge is -2.35. The van der Waals surface area contributed by atoms with Gasteiger partial charge in [0.15, 0.2) is 0 Å². The molecule has 42 heavy (non-hydrogen) atoms. The predicted octanol–water partition coefficient (Wildman–Crippen LogP) is 3.80. The largest absolute Gasteiger partial charge is 0.484 e. The van der Waals surface area contributed by atoms with Gasteiger partial charge in [-0.05, 0) is 73.4 Å². The van der Waals surface area contributed by atoms with Crippen molar-refractivity contribution in [3.63, 3.8) is 0 Å². The van der Waals surface area contributed by atoms with E-state index in [-0.39, 0.29) is 48.9 Å². The molecule has 0 radical (unpaired) electrons. The van der Waals surface area contributed by atoms with Crippen LogP contribution in [0.4, 0.5) is 0 Å². The van der Waals surface area contributed by atoms with Crippen LogP contribution in [-0.2, 0) is 23.9 Å². The lowest BCUT2D eigenvalue weighted by Crippen LogP contribution is -2.42. The van der Waals surface area contributed by atoms with E-state index in [1.807, 2.05) is 19.1 Å². The summed E-state index contributed by atoms with van der Waals surface area (Å²) in [7, 11) is 1.46. The molecule has 10 heteroatoms. The van der Waals surface area contributed by atoms with Crippen LogP contribution in [0, 0.1) is 5.92 Å². The van der Waals surface area contributed by atoms with Crippen molar-refractivity contribution < 1.29 is 38.5 Å². The number of ether oxygens (including phenoxy) is 3. The smallest absolute Gasteiger partial charge is 0.335 e. The van der Waals surface area contributed by atoms with Crippen molar-refractivity contribution in [2.45, 2.75) is 63.0 Å². The van der Waals surface area contributed by atoms with Crippen molar-refractivity contribution in [3.05, 3.63) is 64.7 Å². The van der Waals surface area contributed by atoms with E-state index in [0.717, 1.165) is 5.56 Å². The third-order valence-corrected chi connectivity index (χ3v) is 8.33. The molecule has 0 aromatic heterocycles. The van der Waals surface area contributed by atoms with Gasteiger partial charge in [0.25, 0.3) is 0 Å². The number of methoxy groups -OCH3 is 1. The van der Waals surface area contributed by atoms with E-state index in [9.17, 15) is 24.3 Å². The Labute approximate surface area is 245 Å². The second-order valence-electron chi connectivity index (χ2n) is 11.5. The Hall–Kier alpha value is -3.92. The first-order valence-corrected chi connectivity index (χ1v) is 14.6. The molecule has 4 atom stereocenters. The summed E-state index contributed by atoms with van der Waals surface area (Å²) < 4.78 is 16.5. The number of piperidine rings is 1. The molecule has 0 bridgehead atoms. The normalized spacial score (nSPS) is 21.8. The van der Waals surface area contributed by atoms with Crippen molar-refractivity contribution >= 4 is 23.8 Å². The number of aromatic carboxylic acids is 1. The Morgan fingerprint density at radius 3 is 2.50 bits per heavy atom. The lowest BCUT2D eigenvalue weighted by molar-refractivity contribution is -0.138. The van der Waals surface area contributed by atoms with Crippen LogP contribution < -0.4 is 10.1 Å². The number of likely N-dealkylation sites (tertiary alicyclic amines) is 1. The monoisotopic (exact) mass is 578 g/mol. The number of esters is 1. The van der Waals surface area contributed by atoms with E-state index in [1.54, 1.807) is 23.1 Å². The Morgan fingerprint density at radius 1 is 1.10 bits per heavy atom. The number of hydrogen-bond acceptors (Lipinski definition) is 7. The highest BCUT2D eigenvalue weighted by atomic mass is 16.5. The second-order valence-corrected chi connectivity index (χ2v) is 11.5. The van der Waals surface area contributed by atoms with E-state index in [2.05, 4.69) is 17.4 Å². The molecule has 224 valence electrons. The van der Waals surface area contributed by atoms with Gasteiger partial charge in [0.1, 0.15) is 25.1 Å². The first-order chi connectivity index (χ1) is 20.2. The Bertz CT molecular complexity index is 1320. The number of rotatable bonds is 11. The molecular weight excluding hydrogens is 540 g/mol. The average molecular weight is 579 g/mol. The number of carbonyl (C=O) groups excluding carboxylic acids is 3. The highest BCUT2D eigenvalue weighted by Gasteiger charge is 2.36. The van der Waals surface area contributed by atoms with Crippen LogP contribution in [0.1, 0.15) is 84.0 Å². The number of cyclic esters (lactones) is 1.